The molecule has 1 aliphatic heterocycles. The fourth-order valence-electron chi connectivity index (χ4n) is 2.97. The molecule has 1 aliphatic rings. The third-order valence-electron chi connectivity index (χ3n) is 3.90. The van der Waals surface area contributed by atoms with Gasteiger partial charge in [0.1, 0.15) is 11.4 Å². The second kappa shape index (κ2) is 5.57. The highest BCUT2D eigenvalue weighted by Crippen LogP contribution is 2.37. The van der Waals surface area contributed by atoms with Crippen molar-refractivity contribution in [1.82, 2.24) is 5.32 Å². The number of hydrogen-bond acceptors (Lipinski definition) is 3. The average Bonchev–Trinajstić information content (AvgIpc) is 3.04. The van der Waals surface area contributed by atoms with Crippen LogP contribution in [-0.2, 0) is 6.42 Å². The summed E-state index contributed by atoms with van der Waals surface area (Å²) in [6.45, 7) is 7.43. The summed E-state index contributed by atoms with van der Waals surface area (Å²) in [5.41, 5.74) is 3.64. The molecule has 3 nitrogen and oxygen atoms in total. The molecule has 1 aromatic heterocycles. The van der Waals surface area contributed by atoms with Crippen LogP contribution in [0.2, 0.25) is 0 Å². The van der Waals surface area contributed by atoms with Gasteiger partial charge in [0, 0.05) is 12.0 Å². The third-order valence-corrected chi connectivity index (χ3v) is 3.90. The fourth-order valence-corrected chi connectivity index (χ4v) is 2.97. The Morgan fingerprint density at radius 2 is 2.10 bits per heavy atom. The average molecular weight is 285 g/mol. The molecule has 112 valence electrons. The number of fused-ring (bicyclic) bond motifs is 1. The molecule has 21 heavy (non-hydrogen) atoms. The minimum atomic E-state index is -0.0943. The minimum Gasteiger partial charge on any atom is -0.487 e. The molecule has 0 radical (unpaired) electrons. The lowest BCUT2D eigenvalue weighted by atomic mass is 9.95. The van der Waals surface area contributed by atoms with Crippen LogP contribution in [0.5, 0.6) is 5.75 Å². The molecule has 2 heterocycles. The van der Waals surface area contributed by atoms with Gasteiger partial charge in [-0.15, -0.1) is 0 Å². The van der Waals surface area contributed by atoms with E-state index in [0.717, 1.165) is 25.1 Å². The van der Waals surface area contributed by atoms with Crippen LogP contribution in [0.25, 0.3) is 0 Å². The maximum absolute atomic E-state index is 5.96. The molecule has 0 amide bonds. The molecule has 2 aromatic rings. The highest BCUT2D eigenvalue weighted by Gasteiger charge is 2.30. The van der Waals surface area contributed by atoms with Gasteiger partial charge in [-0.25, -0.2) is 0 Å². The second-order valence-corrected chi connectivity index (χ2v) is 6.35. The number of benzene rings is 1. The number of ether oxygens (including phenoxy) is 1. The SMILES string of the molecule is CCCNC(c1ccoc1)c1ccc2c(c1)CC(C)(C)O2. The molecular weight excluding hydrogens is 262 g/mol. The third kappa shape index (κ3) is 2.98. The van der Waals surface area contributed by atoms with E-state index >= 15 is 0 Å². The molecule has 0 bridgehead atoms. The topological polar surface area (TPSA) is 34.4 Å². The van der Waals surface area contributed by atoms with Gasteiger partial charge in [0.05, 0.1) is 18.6 Å². The summed E-state index contributed by atoms with van der Waals surface area (Å²) in [6, 6.07) is 8.73. The zero-order chi connectivity index (χ0) is 14.9. The van der Waals surface area contributed by atoms with E-state index in [4.69, 9.17) is 9.15 Å². The lowest BCUT2D eigenvalue weighted by molar-refractivity contribution is 0.138. The molecular formula is C18H23NO2. The van der Waals surface area contributed by atoms with Gasteiger partial charge in [0.2, 0.25) is 0 Å². The Balaban J connectivity index is 1.91. The van der Waals surface area contributed by atoms with E-state index in [1.54, 1.807) is 6.26 Å². The summed E-state index contributed by atoms with van der Waals surface area (Å²) in [5, 5.41) is 3.60. The Labute approximate surface area is 126 Å². The monoisotopic (exact) mass is 285 g/mol. The van der Waals surface area contributed by atoms with Crippen molar-refractivity contribution in [2.45, 2.75) is 45.3 Å². The van der Waals surface area contributed by atoms with Crippen molar-refractivity contribution in [2.75, 3.05) is 6.54 Å². The first-order valence-corrected chi connectivity index (χ1v) is 7.66. The van der Waals surface area contributed by atoms with Crippen LogP contribution in [0.4, 0.5) is 0 Å². The fraction of sp³-hybridized carbons (Fsp3) is 0.444. The normalized spacial score (nSPS) is 17.3. The highest BCUT2D eigenvalue weighted by molar-refractivity contribution is 5.44. The lowest BCUT2D eigenvalue weighted by Crippen LogP contribution is -2.24. The first kappa shape index (κ1) is 14.2. The predicted molar refractivity (Wildman–Crippen MR) is 83.7 cm³/mol. The Morgan fingerprint density at radius 1 is 1.24 bits per heavy atom. The van der Waals surface area contributed by atoms with Crippen molar-refractivity contribution in [3.05, 3.63) is 53.5 Å². The van der Waals surface area contributed by atoms with Gasteiger partial charge in [-0.05, 0) is 50.1 Å². The quantitative estimate of drug-likeness (QED) is 0.898. The second-order valence-electron chi connectivity index (χ2n) is 6.35. The summed E-state index contributed by atoms with van der Waals surface area (Å²) < 4.78 is 11.2. The van der Waals surface area contributed by atoms with E-state index < -0.39 is 0 Å². The van der Waals surface area contributed by atoms with E-state index in [1.165, 1.54) is 16.7 Å². The predicted octanol–water partition coefficient (Wildman–Crippen LogP) is 4.08. The Hall–Kier alpha value is -1.74. The lowest BCUT2D eigenvalue weighted by Gasteiger charge is -2.18. The maximum atomic E-state index is 5.96. The Kier molecular flexibility index (Phi) is 3.77. The zero-order valence-corrected chi connectivity index (χ0v) is 13.0. The highest BCUT2D eigenvalue weighted by atomic mass is 16.5. The molecule has 0 saturated carbocycles. The Morgan fingerprint density at radius 3 is 2.81 bits per heavy atom. The summed E-state index contributed by atoms with van der Waals surface area (Å²) in [4.78, 5) is 0. The minimum absolute atomic E-state index is 0.0943. The van der Waals surface area contributed by atoms with Gasteiger partial charge < -0.3 is 14.5 Å². The molecule has 3 rings (SSSR count). The largest absolute Gasteiger partial charge is 0.487 e. The van der Waals surface area contributed by atoms with Crippen molar-refractivity contribution >= 4 is 0 Å². The van der Waals surface area contributed by atoms with Gasteiger partial charge in [0.15, 0.2) is 0 Å². The summed E-state index contributed by atoms with van der Waals surface area (Å²) in [6.07, 6.45) is 5.62. The number of nitrogens with one attached hydrogen (secondary N) is 1. The van der Waals surface area contributed by atoms with E-state index in [-0.39, 0.29) is 11.6 Å². The van der Waals surface area contributed by atoms with Crippen LogP contribution < -0.4 is 10.1 Å². The first-order valence-electron chi connectivity index (χ1n) is 7.66. The summed E-state index contributed by atoms with van der Waals surface area (Å²) in [5.74, 6) is 1.02. The van der Waals surface area contributed by atoms with Crippen LogP contribution in [-0.4, -0.2) is 12.1 Å². The zero-order valence-electron chi connectivity index (χ0n) is 13.0. The number of furan rings is 1. The van der Waals surface area contributed by atoms with E-state index in [0.29, 0.717) is 0 Å². The van der Waals surface area contributed by atoms with Crippen LogP contribution in [0.3, 0.4) is 0 Å². The van der Waals surface area contributed by atoms with Crippen LogP contribution in [0.15, 0.2) is 41.2 Å². The molecule has 0 spiro atoms. The van der Waals surface area contributed by atoms with Crippen molar-refractivity contribution < 1.29 is 9.15 Å². The standard InChI is InChI=1S/C18H23NO2/c1-4-8-19-17(14-7-9-20-12-14)13-5-6-16-15(10-13)11-18(2,3)21-16/h5-7,9-10,12,17,19H,4,8,11H2,1-3H3. The van der Waals surface area contributed by atoms with Crippen LogP contribution >= 0.6 is 0 Å². The van der Waals surface area contributed by atoms with Crippen molar-refractivity contribution in [1.29, 1.82) is 0 Å². The van der Waals surface area contributed by atoms with Gasteiger partial charge in [-0.3, -0.25) is 0 Å². The van der Waals surface area contributed by atoms with Crippen LogP contribution in [0, 0.1) is 0 Å². The van der Waals surface area contributed by atoms with E-state index in [9.17, 15) is 0 Å². The number of hydrogen-bond donors (Lipinski definition) is 1. The molecule has 1 N–H and O–H groups in total. The summed E-state index contributed by atoms with van der Waals surface area (Å²) >= 11 is 0. The first-order chi connectivity index (χ1) is 10.1. The molecule has 0 fully saturated rings. The van der Waals surface area contributed by atoms with Crippen molar-refractivity contribution in [2.24, 2.45) is 0 Å². The van der Waals surface area contributed by atoms with Gasteiger partial charge in [0.25, 0.3) is 0 Å². The molecule has 1 aromatic carbocycles. The maximum Gasteiger partial charge on any atom is 0.123 e. The van der Waals surface area contributed by atoms with Gasteiger partial charge in [-0.2, -0.15) is 0 Å². The molecule has 0 saturated heterocycles. The molecule has 0 aliphatic carbocycles. The number of rotatable bonds is 5. The molecule has 3 heteroatoms. The van der Waals surface area contributed by atoms with Gasteiger partial charge >= 0.3 is 0 Å². The van der Waals surface area contributed by atoms with Crippen molar-refractivity contribution in [3.8, 4) is 5.75 Å². The Bertz CT molecular complexity index is 602. The smallest absolute Gasteiger partial charge is 0.123 e. The molecule has 1 unspecified atom stereocenters. The van der Waals surface area contributed by atoms with E-state index in [2.05, 4.69) is 44.3 Å². The van der Waals surface area contributed by atoms with Gasteiger partial charge in [-0.1, -0.05) is 19.1 Å². The summed E-state index contributed by atoms with van der Waals surface area (Å²) in [7, 11) is 0. The van der Waals surface area contributed by atoms with Crippen molar-refractivity contribution in [3.63, 3.8) is 0 Å². The van der Waals surface area contributed by atoms with E-state index in [1.807, 2.05) is 12.3 Å². The molecule has 1 atom stereocenters. The van der Waals surface area contributed by atoms with Crippen LogP contribution in [0.1, 0.15) is 49.9 Å².